The summed E-state index contributed by atoms with van der Waals surface area (Å²) >= 11 is 4.34. The summed E-state index contributed by atoms with van der Waals surface area (Å²) in [6.07, 6.45) is 4.67. The number of aliphatic hydroxyl groups is 2. The van der Waals surface area contributed by atoms with Gasteiger partial charge in [-0.2, -0.15) is 0 Å². The Kier molecular flexibility index (Phi) is 8.76. The van der Waals surface area contributed by atoms with E-state index in [1.54, 1.807) is 0 Å². The predicted molar refractivity (Wildman–Crippen MR) is 70.0 cm³/mol. The number of rotatable bonds is 10. The minimum Gasteiger partial charge on any atom is -0.396 e. The van der Waals surface area contributed by atoms with Crippen LogP contribution in [-0.2, 0) is 16.3 Å². The Hall–Kier alpha value is 0.450. The van der Waals surface area contributed by atoms with Gasteiger partial charge in [-0.1, -0.05) is 32.6 Å². The Morgan fingerprint density at radius 1 is 1.12 bits per heavy atom. The third-order valence-corrected chi connectivity index (χ3v) is 3.55. The van der Waals surface area contributed by atoms with Crippen molar-refractivity contribution in [3.05, 3.63) is 0 Å². The SMILES string of the molecule is CCCCCCC(CO)(CO)COP(O)(O)=S. The van der Waals surface area contributed by atoms with Crippen LogP contribution in [0.4, 0.5) is 0 Å². The van der Waals surface area contributed by atoms with Crippen LogP contribution < -0.4 is 0 Å². The molecule has 17 heavy (non-hydrogen) atoms. The molecule has 0 radical (unpaired) electrons. The first kappa shape index (κ1) is 17.4. The zero-order valence-electron chi connectivity index (χ0n) is 10.2. The van der Waals surface area contributed by atoms with Gasteiger partial charge in [-0.25, -0.2) is 0 Å². The van der Waals surface area contributed by atoms with Crippen molar-refractivity contribution in [2.75, 3.05) is 19.8 Å². The van der Waals surface area contributed by atoms with E-state index in [1.807, 2.05) is 0 Å². The lowest BCUT2D eigenvalue weighted by molar-refractivity contribution is 0.00247. The van der Waals surface area contributed by atoms with Gasteiger partial charge in [-0.15, -0.1) is 0 Å². The lowest BCUT2D eigenvalue weighted by Crippen LogP contribution is -2.34. The van der Waals surface area contributed by atoms with E-state index in [1.165, 1.54) is 0 Å². The van der Waals surface area contributed by atoms with E-state index < -0.39 is 12.1 Å². The van der Waals surface area contributed by atoms with Crippen molar-refractivity contribution in [1.29, 1.82) is 0 Å². The zero-order chi connectivity index (χ0) is 13.4. The maximum atomic E-state index is 9.30. The summed E-state index contributed by atoms with van der Waals surface area (Å²) in [4.78, 5) is 18.0. The molecular weight excluding hydrogens is 263 g/mol. The molecule has 0 bridgehead atoms. The van der Waals surface area contributed by atoms with Gasteiger partial charge in [0.15, 0.2) is 0 Å². The molecule has 0 heterocycles. The van der Waals surface area contributed by atoms with Crippen molar-refractivity contribution in [2.45, 2.75) is 39.0 Å². The van der Waals surface area contributed by atoms with E-state index in [2.05, 4.69) is 18.7 Å². The monoisotopic (exact) mass is 286 g/mol. The van der Waals surface area contributed by atoms with Gasteiger partial charge in [0.05, 0.1) is 19.8 Å². The lowest BCUT2D eigenvalue weighted by atomic mass is 9.85. The molecule has 0 aromatic rings. The van der Waals surface area contributed by atoms with E-state index in [-0.39, 0.29) is 19.8 Å². The van der Waals surface area contributed by atoms with Crippen molar-refractivity contribution in [2.24, 2.45) is 5.41 Å². The molecule has 0 rings (SSSR count). The smallest absolute Gasteiger partial charge is 0.321 e. The first-order valence-corrected chi connectivity index (χ1v) is 8.43. The highest BCUT2D eigenvalue weighted by Crippen LogP contribution is 2.39. The van der Waals surface area contributed by atoms with Crippen LogP contribution in [0.1, 0.15) is 39.0 Å². The molecular formula is C10H23O5PS. The van der Waals surface area contributed by atoms with Gasteiger partial charge in [0.25, 0.3) is 0 Å². The molecule has 0 atom stereocenters. The maximum absolute atomic E-state index is 9.30. The van der Waals surface area contributed by atoms with Crippen LogP contribution >= 0.6 is 6.72 Å². The molecule has 0 fully saturated rings. The zero-order valence-corrected chi connectivity index (χ0v) is 11.9. The molecule has 0 amide bonds. The largest absolute Gasteiger partial charge is 0.396 e. The molecule has 0 aromatic heterocycles. The van der Waals surface area contributed by atoms with Crippen molar-refractivity contribution < 1.29 is 24.5 Å². The first-order valence-electron chi connectivity index (χ1n) is 5.81. The van der Waals surface area contributed by atoms with Crippen LogP contribution in [0.3, 0.4) is 0 Å². The standard InChI is InChI=1S/C10H23O5PS/c1-2-3-4-5-6-10(7-11,8-12)9-15-16(13,14)17/h11-12H,2-9H2,1H3,(H2,13,14,17). The van der Waals surface area contributed by atoms with Crippen molar-refractivity contribution >= 4 is 18.5 Å². The average Bonchev–Trinajstić information content (AvgIpc) is 2.28. The second kappa shape index (κ2) is 8.53. The topological polar surface area (TPSA) is 90.2 Å². The van der Waals surface area contributed by atoms with Crippen molar-refractivity contribution in [1.82, 2.24) is 0 Å². The van der Waals surface area contributed by atoms with Crippen LogP contribution in [-0.4, -0.2) is 39.8 Å². The summed E-state index contributed by atoms with van der Waals surface area (Å²) in [5, 5.41) is 18.6. The molecule has 0 unspecified atom stereocenters. The van der Waals surface area contributed by atoms with Crippen LogP contribution in [0.25, 0.3) is 0 Å². The van der Waals surface area contributed by atoms with Crippen LogP contribution in [0, 0.1) is 5.41 Å². The van der Waals surface area contributed by atoms with Gasteiger partial charge in [-0.3, -0.25) is 0 Å². The molecule has 4 N–H and O–H groups in total. The van der Waals surface area contributed by atoms with Gasteiger partial charge in [-0.05, 0) is 18.2 Å². The van der Waals surface area contributed by atoms with E-state index in [9.17, 15) is 10.2 Å². The Labute approximate surface area is 108 Å². The van der Waals surface area contributed by atoms with Crippen LogP contribution in [0.5, 0.6) is 0 Å². The normalized spacial score (nSPS) is 13.0. The van der Waals surface area contributed by atoms with Gasteiger partial charge in [0, 0.05) is 5.41 Å². The minimum absolute atomic E-state index is 0.129. The minimum atomic E-state index is -3.72. The predicted octanol–water partition coefficient (Wildman–Crippen LogP) is 1.15. The Balaban J connectivity index is 4.20. The maximum Gasteiger partial charge on any atom is 0.321 e. The van der Waals surface area contributed by atoms with Gasteiger partial charge < -0.3 is 24.5 Å². The molecule has 7 heteroatoms. The molecule has 0 aliphatic heterocycles. The Bertz CT molecular complexity index is 239. The van der Waals surface area contributed by atoms with Crippen LogP contribution in [0.2, 0.25) is 0 Å². The molecule has 0 spiro atoms. The first-order chi connectivity index (χ1) is 7.89. The molecule has 5 nitrogen and oxygen atoms in total. The van der Waals surface area contributed by atoms with E-state index >= 15 is 0 Å². The molecule has 0 saturated heterocycles. The average molecular weight is 286 g/mol. The number of aliphatic hydroxyl groups excluding tert-OH is 2. The molecule has 0 aliphatic rings. The third kappa shape index (κ3) is 8.21. The molecule has 104 valence electrons. The molecule has 0 aliphatic carbocycles. The van der Waals surface area contributed by atoms with Crippen molar-refractivity contribution in [3.63, 3.8) is 0 Å². The lowest BCUT2D eigenvalue weighted by Gasteiger charge is -2.30. The van der Waals surface area contributed by atoms with Gasteiger partial charge in [0.2, 0.25) is 0 Å². The van der Waals surface area contributed by atoms with Gasteiger partial charge in [0.1, 0.15) is 0 Å². The van der Waals surface area contributed by atoms with Crippen molar-refractivity contribution in [3.8, 4) is 0 Å². The third-order valence-electron chi connectivity index (χ3n) is 2.77. The summed E-state index contributed by atoms with van der Waals surface area (Å²) in [5.41, 5.74) is -0.830. The van der Waals surface area contributed by atoms with Gasteiger partial charge >= 0.3 is 6.72 Å². The highest BCUT2D eigenvalue weighted by atomic mass is 32.5. The second-order valence-electron chi connectivity index (χ2n) is 4.39. The fourth-order valence-electron chi connectivity index (χ4n) is 1.52. The summed E-state index contributed by atoms with van der Waals surface area (Å²) < 4.78 is 4.75. The summed E-state index contributed by atoms with van der Waals surface area (Å²) in [7, 11) is 0. The quantitative estimate of drug-likeness (QED) is 0.356. The Morgan fingerprint density at radius 3 is 2.12 bits per heavy atom. The number of hydrogen-bond donors (Lipinski definition) is 4. The number of hydrogen-bond acceptors (Lipinski definition) is 4. The molecule has 0 aromatic carbocycles. The number of unbranched alkanes of at least 4 members (excludes halogenated alkanes) is 3. The van der Waals surface area contributed by atoms with E-state index in [4.69, 9.17) is 14.3 Å². The van der Waals surface area contributed by atoms with E-state index in [0.717, 1.165) is 25.7 Å². The highest BCUT2D eigenvalue weighted by molar-refractivity contribution is 8.06. The summed E-state index contributed by atoms with van der Waals surface area (Å²) in [6, 6.07) is 0. The highest BCUT2D eigenvalue weighted by Gasteiger charge is 2.30. The molecule has 0 saturated carbocycles. The fraction of sp³-hybridized carbons (Fsp3) is 1.00. The summed E-state index contributed by atoms with van der Waals surface area (Å²) in [6.45, 7) is -2.27. The fourth-order valence-corrected chi connectivity index (χ4v) is 2.12. The van der Waals surface area contributed by atoms with Crippen LogP contribution in [0.15, 0.2) is 0 Å². The van der Waals surface area contributed by atoms with E-state index in [0.29, 0.717) is 6.42 Å². The summed E-state index contributed by atoms with van der Waals surface area (Å²) in [5.74, 6) is 0. The second-order valence-corrected chi connectivity index (χ2v) is 7.06. The Morgan fingerprint density at radius 2 is 1.71 bits per heavy atom.